The second-order valence-electron chi connectivity index (χ2n) is 4.95. The maximum absolute atomic E-state index is 10.9. The van der Waals surface area contributed by atoms with E-state index in [9.17, 15) is 4.79 Å². The summed E-state index contributed by atoms with van der Waals surface area (Å²) in [5.41, 5.74) is 6.38. The van der Waals surface area contributed by atoms with Gasteiger partial charge in [0, 0.05) is 25.3 Å². The second kappa shape index (κ2) is 6.34. The molecular formula is C13H19BrN4O. The molecule has 0 atom stereocenters. The fourth-order valence-corrected chi connectivity index (χ4v) is 2.64. The highest BCUT2D eigenvalue weighted by Gasteiger charge is 2.20. The molecule has 1 aromatic rings. The Morgan fingerprint density at radius 2 is 2.26 bits per heavy atom. The van der Waals surface area contributed by atoms with Crippen LogP contribution >= 0.6 is 15.9 Å². The number of carbonyl (C=O) groups excluding carboxylic acids is 1. The SMILES string of the molecule is Cc1ccnc(NC2CCN(CC(N)=O)CC2)c1Br. The molecule has 3 N–H and O–H groups in total. The molecule has 0 bridgehead atoms. The van der Waals surface area contributed by atoms with E-state index in [1.54, 1.807) is 0 Å². The molecule has 1 aromatic heterocycles. The lowest BCUT2D eigenvalue weighted by molar-refractivity contribution is -0.119. The summed E-state index contributed by atoms with van der Waals surface area (Å²) in [6.07, 6.45) is 3.80. The lowest BCUT2D eigenvalue weighted by Crippen LogP contribution is -2.43. The molecule has 1 fully saturated rings. The van der Waals surface area contributed by atoms with Crippen molar-refractivity contribution in [2.24, 2.45) is 5.73 Å². The summed E-state index contributed by atoms with van der Waals surface area (Å²) in [7, 11) is 0. The fraction of sp³-hybridized carbons (Fsp3) is 0.538. The minimum atomic E-state index is -0.255. The lowest BCUT2D eigenvalue weighted by Gasteiger charge is -2.31. The van der Waals surface area contributed by atoms with Gasteiger partial charge in [-0.15, -0.1) is 0 Å². The number of carbonyl (C=O) groups is 1. The number of aromatic nitrogens is 1. The summed E-state index contributed by atoms with van der Waals surface area (Å²) in [5.74, 6) is 0.642. The Hall–Kier alpha value is -1.14. The fourth-order valence-electron chi connectivity index (χ4n) is 2.29. The van der Waals surface area contributed by atoms with Gasteiger partial charge in [-0.05, 0) is 47.3 Å². The van der Waals surface area contributed by atoms with Gasteiger partial charge in [-0.25, -0.2) is 4.98 Å². The number of piperidine rings is 1. The molecule has 1 aliphatic heterocycles. The van der Waals surface area contributed by atoms with Crippen LogP contribution in [0.2, 0.25) is 0 Å². The Bertz CT molecular complexity index is 458. The van der Waals surface area contributed by atoms with Gasteiger partial charge in [0.25, 0.3) is 0 Å². The number of amides is 1. The first-order valence-corrected chi connectivity index (χ1v) is 7.24. The van der Waals surface area contributed by atoms with Gasteiger partial charge >= 0.3 is 0 Å². The highest BCUT2D eigenvalue weighted by atomic mass is 79.9. The molecule has 0 saturated carbocycles. The topological polar surface area (TPSA) is 71.2 Å². The van der Waals surface area contributed by atoms with Gasteiger partial charge in [0.2, 0.25) is 5.91 Å². The number of nitrogens with zero attached hydrogens (tertiary/aromatic N) is 2. The summed E-state index contributed by atoms with van der Waals surface area (Å²) in [5, 5.41) is 3.46. The zero-order valence-corrected chi connectivity index (χ0v) is 12.6. The van der Waals surface area contributed by atoms with E-state index in [0.717, 1.165) is 36.2 Å². The number of primary amides is 1. The van der Waals surface area contributed by atoms with Gasteiger partial charge in [0.1, 0.15) is 5.82 Å². The second-order valence-corrected chi connectivity index (χ2v) is 5.74. The summed E-state index contributed by atoms with van der Waals surface area (Å²) in [6, 6.07) is 2.37. The van der Waals surface area contributed by atoms with Crippen LogP contribution in [0.3, 0.4) is 0 Å². The Labute approximate surface area is 121 Å². The number of aryl methyl sites for hydroxylation is 1. The zero-order chi connectivity index (χ0) is 13.8. The van der Waals surface area contributed by atoms with E-state index < -0.39 is 0 Å². The van der Waals surface area contributed by atoms with E-state index in [1.807, 2.05) is 19.2 Å². The van der Waals surface area contributed by atoms with Crippen LogP contribution in [-0.2, 0) is 4.79 Å². The van der Waals surface area contributed by atoms with Crippen molar-refractivity contribution in [2.45, 2.75) is 25.8 Å². The van der Waals surface area contributed by atoms with E-state index >= 15 is 0 Å². The van der Waals surface area contributed by atoms with Crippen LogP contribution in [-0.4, -0.2) is 41.5 Å². The molecule has 19 heavy (non-hydrogen) atoms. The van der Waals surface area contributed by atoms with Crippen molar-refractivity contribution in [3.63, 3.8) is 0 Å². The molecule has 0 aromatic carbocycles. The average molecular weight is 327 g/mol. The van der Waals surface area contributed by atoms with Crippen molar-refractivity contribution in [1.29, 1.82) is 0 Å². The van der Waals surface area contributed by atoms with Crippen LogP contribution < -0.4 is 11.1 Å². The molecular weight excluding hydrogens is 308 g/mol. The predicted molar refractivity (Wildman–Crippen MR) is 79.0 cm³/mol. The van der Waals surface area contributed by atoms with Crippen LogP contribution in [0, 0.1) is 6.92 Å². The molecule has 0 spiro atoms. The summed E-state index contributed by atoms with van der Waals surface area (Å²) < 4.78 is 1.02. The molecule has 0 radical (unpaired) electrons. The molecule has 1 aliphatic rings. The van der Waals surface area contributed by atoms with Crippen molar-refractivity contribution in [1.82, 2.24) is 9.88 Å². The van der Waals surface area contributed by atoms with E-state index in [0.29, 0.717) is 12.6 Å². The molecule has 0 unspecified atom stereocenters. The third kappa shape index (κ3) is 3.91. The molecule has 104 valence electrons. The minimum absolute atomic E-state index is 0.255. The lowest BCUT2D eigenvalue weighted by atomic mass is 10.0. The van der Waals surface area contributed by atoms with Crippen LogP contribution in [0.15, 0.2) is 16.7 Å². The largest absolute Gasteiger partial charge is 0.369 e. The minimum Gasteiger partial charge on any atom is -0.369 e. The first-order chi connectivity index (χ1) is 9.06. The maximum atomic E-state index is 10.9. The number of nitrogens with two attached hydrogens (primary N) is 1. The molecule has 6 heteroatoms. The van der Waals surface area contributed by atoms with Gasteiger partial charge in [0.15, 0.2) is 0 Å². The number of halogens is 1. The zero-order valence-electron chi connectivity index (χ0n) is 11.0. The normalized spacial score (nSPS) is 17.4. The Morgan fingerprint density at radius 3 is 2.89 bits per heavy atom. The third-order valence-corrected chi connectivity index (χ3v) is 4.39. The quantitative estimate of drug-likeness (QED) is 0.879. The van der Waals surface area contributed by atoms with Crippen molar-refractivity contribution < 1.29 is 4.79 Å². The van der Waals surface area contributed by atoms with Crippen LogP contribution in [0.25, 0.3) is 0 Å². The average Bonchev–Trinajstić information content (AvgIpc) is 2.37. The Kier molecular flexibility index (Phi) is 4.76. The van der Waals surface area contributed by atoms with Gasteiger partial charge in [-0.3, -0.25) is 9.69 Å². The predicted octanol–water partition coefficient (Wildman–Crippen LogP) is 1.51. The van der Waals surface area contributed by atoms with Crippen LogP contribution in [0.1, 0.15) is 18.4 Å². The molecule has 0 aliphatic carbocycles. The Morgan fingerprint density at radius 1 is 1.58 bits per heavy atom. The van der Waals surface area contributed by atoms with Gasteiger partial charge in [-0.1, -0.05) is 0 Å². The third-order valence-electron chi connectivity index (χ3n) is 3.39. The van der Waals surface area contributed by atoms with Gasteiger partial charge in [-0.2, -0.15) is 0 Å². The first kappa shape index (κ1) is 14.3. The monoisotopic (exact) mass is 326 g/mol. The smallest absolute Gasteiger partial charge is 0.231 e. The molecule has 2 heterocycles. The number of pyridine rings is 1. The maximum Gasteiger partial charge on any atom is 0.231 e. The summed E-state index contributed by atoms with van der Waals surface area (Å²) >= 11 is 3.55. The Balaban J connectivity index is 1.89. The van der Waals surface area contributed by atoms with Gasteiger partial charge < -0.3 is 11.1 Å². The summed E-state index contributed by atoms with van der Waals surface area (Å²) in [4.78, 5) is 17.3. The number of hydrogen-bond donors (Lipinski definition) is 2. The van der Waals surface area contributed by atoms with E-state index in [1.165, 1.54) is 5.56 Å². The molecule has 2 rings (SSSR count). The highest BCUT2D eigenvalue weighted by Crippen LogP contribution is 2.25. The van der Waals surface area contributed by atoms with Crippen molar-refractivity contribution in [2.75, 3.05) is 25.0 Å². The standard InChI is InChI=1S/C13H19BrN4O/c1-9-2-5-16-13(12(9)14)17-10-3-6-18(7-4-10)8-11(15)19/h2,5,10H,3-4,6-8H2,1H3,(H2,15,19)(H,16,17). The van der Waals surface area contributed by atoms with E-state index in [-0.39, 0.29) is 5.91 Å². The van der Waals surface area contributed by atoms with Crippen molar-refractivity contribution >= 4 is 27.7 Å². The number of likely N-dealkylation sites (tertiary alicyclic amines) is 1. The molecule has 1 saturated heterocycles. The van der Waals surface area contributed by atoms with Crippen LogP contribution in [0.4, 0.5) is 5.82 Å². The number of anilines is 1. The number of hydrogen-bond acceptors (Lipinski definition) is 4. The van der Waals surface area contributed by atoms with Crippen LogP contribution in [0.5, 0.6) is 0 Å². The highest BCUT2D eigenvalue weighted by molar-refractivity contribution is 9.10. The number of rotatable bonds is 4. The summed E-state index contributed by atoms with van der Waals surface area (Å²) in [6.45, 7) is 4.19. The van der Waals surface area contributed by atoms with Crippen molar-refractivity contribution in [3.05, 3.63) is 22.3 Å². The van der Waals surface area contributed by atoms with E-state index in [4.69, 9.17) is 5.73 Å². The number of nitrogens with one attached hydrogen (secondary N) is 1. The molecule has 5 nitrogen and oxygen atoms in total. The van der Waals surface area contributed by atoms with E-state index in [2.05, 4.69) is 31.1 Å². The van der Waals surface area contributed by atoms with Crippen molar-refractivity contribution in [3.8, 4) is 0 Å². The first-order valence-electron chi connectivity index (χ1n) is 6.44. The molecule has 1 amide bonds. The van der Waals surface area contributed by atoms with Gasteiger partial charge in [0.05, 0.1) is 11.0 Å².